The molecule has 4 rings (SSSR count). The van der Waals surface area contributed by atoms with Crippen LogP contribution >= 0.6 is 0 Å². The number of benzene rings is 2. The molecule has 3 atom stereocenters. The van der Waals surface area contributed by atoms with Gasteiger partial charge in [-0.15, -0.1) is 0 Å². The number of hydrogen-bond acceptors (Lipinski definition) is 3. The minimum Gasteiger partial charge on any atom is -0.481 e. The number of para-hydroxylation sites is 1. The number of carbonyl (C=O) groups excluding carboxylic acids is 1. The highest BCUT2D eigenvalue weighted by molar-refractivity contribution is 5.99. The average Bonchev–Trinajstić information content (AvgIpc) is 2.59. The van der Waals surface area contributed by atoms with Gasteiger partial charge in [0.25, 0.3) is 0 Å². The van der Waals surface area contributed by atoms with Gasteiger partial charge in [-0.05, 0) is 17.2 Å². The molecule has 2 aromatic carbocycles. The molecule has 5 nitrogen and oxygen atoms in total. The number of likely N-dealkylation sites (tertiary alicyclic amines) is 1. The van der Waals surface area contributed by atoms with Crippen molar-refractivity contribution in [3.63, 3.8) is 0 Å². The Morgan fingerprint density at radius 1 is 1.12 bits per heavy atom. The Labute approximate surface area is 139 Å². The van der Waals surface area contributed by atoms with E-state index in [2.05, 4.69) is 0 Å². The van der Waals surface area contributed by atoms with Crippen LogP contribution in [0, 0.1) is 5.92 Å². The van der Waals surface area contributed by atoms with Crippen molar-refractivity contribution in [3.05, 3.63) is 65.7 Å². The number of piperidine rings is 1. The van der Waals surface area contributed by atoms with Gasteiger partial charge in [-0.1, -0.05) is 48.5 Å². The highest BCUT2D eigenvalue weighted by Gasteiger charge is 2.50. The van der Waals surface area contributed by atoms with Crippen LogP contribution in [-0.2, 0) is 16.1 Å². The van der Waals surface area contributed by atoms with Crippen LogP contribution < -0.4 is 4.74 Å². The predicted octanol–water partition coefficient (Wildman–Crippen LogP) is 2.62. The molecule has 0 spiro atoms. The lowest BCUT2D eigenvalue weighted by Crippen LogP contribution is -2.56. The molecule has 0 aliphatic carbocycles. The maximum Gasteiger partial charge on any atom is 0.316 e. The Morgan fingerprint density at radius 2 is 1.83 bits per heavy atom. The molecule has 0 saturated carbocycles. The molecule has 5 heteroatoms. The number of rotatable bonds is 3. The Bertz CT molecular complexity index is 789. The molecule has 1 amide bonds. The summed E-state index contributed by atoms with van der Waals surface area (Å²) in [5.74, 6) is -2.16. The standard InChI is InChI=1S/C19H17NO4/c21-18-17(19(22)23)14-10-16(24-15-9-5-4-8-13(14)15)20(18)11-12-6-2-1-3-7-12/h1-9,14,16-17H,10-11H2,(H,22,23)/t14-,16+,17-/m0/s1. The quantitative estimate of drug-likeness (QED) is 0.882. The van der Waals surface area contributed by atoms with E-state index >= 15 is 0 Å². The summed E-state index contributed by atoms with van der Waals surface area (Å²) in [6.45, 7) is 0.350. The molecule has 2 aliphatic rings. The Morgan fingerprint density at radius 3 is 2.58 bits per heavy atom. The second-order valence-corrected chi connectivity index (χ2v) is 6.22. The highest BCUT2D eigenvalue weighted by atomic mass is 16.5. The molecule has 2 aliphatic heterocycles. The number of ether oxygens (including phenoxy) is 1. The zero-order valence-corrected chi connectivity index (χ0v) is 13.0. The molecule has 24 heavy (non-hydrogen) atoms. The fraction of sp³-hybridized carbons (Fsp3) is 0.263. The highest BCUT2D eigenvalue weighted by Crippen LogP contribution is 2.45. The maximum absolute atomic E-state index is 12.9. The lowest BCUT2D eigenvalue weighted by molar-refractivity contribution is -0.166. The third-order valence-corrected chi connectivity index (χ3v) is 4.80. The van der Waals surface area contributed by atoms with Gasteiger partial charge in [0, 0.05) is 18.9 Å². The van der Waals surface area contributed by atoms with Gasteiger partial charge in [0.15, 0.2) is 6.23 Å². The van der Waals surface area contributed by atoms with Crippen LogP contribution in [-0.4, -0.2) is 28.1 Å². The molecule has 122 valence electrons. The average molecular weight is 323 g/mol. The first-order valence-electron chi connectivity index (χ1n) is 7.98. The summed E-state index contributed by atoms with van der Waals surface area (Å²) in [6.07, 6.45) is 0.0835. The van der Waals surface area contributed by atoms with Gasteiger partial charge < -0.3 is 14.7 Å². The number of hydrogen-bond donors (Lipinski definition) is 1. The largest absolute Gasteiger partial charge is 0.481 e. The molecule has 0 aromatic heterocycles. The van der Waals surface area contributed by atoms with E-state index in [4.69, 9.17) is 4.74 Å². The molecule has 2 aromatic rings. The number of carboxylic acids is 1. The van der Waals surface area contributed by atoms with E-state index in [1.54, 1.807) is 4.90 Å². The second kappa shape index (κ2) is 5.67. The fourth-order valence-corrected chi connectivity index (χ4v) is 3.67. The van der Waals surface area contributed by atoms with E-state index in [9.17, 15) is 14.7 Å². The zero-order valence-electron chi connectivity index (χ0n) is 13.0. The van der Waals surface area contributed by atoms with E-state index in [-0.39, 0.29) is 11.8 Å². The van der Waals surface area contributed by atoms with Crippen LogP contribution in [0.15, 0.2) is 54.6 Å². The molecule has 1 N–H and O–H groups in total. The Balaban J connectivity index is 1.73. The predicted molar refractivity (Wildman–Crippen MR) is 86.3 cm³/mol. The third-order valence-electron chi connectivity index (χ3n) is 4.80. The van der Waals surface area contributed by atoms with Crippen molar-refractivity contribution in [1.29, 1.82) is 0 Å². The fourth-order valence-electron chi connectivity index (χ4n) is 3.67. The smallest absolute Gasteiger partial charge is 0.316 e. The van der Waals surface area contributed by atoms with Crippen molar-refractivity contribution in [2.45, 2.75) is 25.1 Å². The van der Waals surface area contributed by atoms with Crippen molar-refractivity contribution in [3.8, 4) is 5.75 Å². The molecular formula is C19H17NO4. The summed E-state index contributed by atoms with van der Waals surface area (Å²) >= 11 is 0. The van der Waals surface area contributed by atoms with Gasteiger partial charge in [-0.25, -0.2) is 0 Å². The SMILES string of the molecule is O=C(O)[C@@H]1C(=O)N(Cc2ccccc2)[C@H]2C[C@H]1c1ccccc1O2. The molecular weight excluding hydrogens is 306 g/mol. The van der Waals surface area contributed by atoms with E-state index < -0.39 is 18.1 Å². The summed E-state index contributed by atoms with van der Waals surface area (Å²) in [5.41, 5.74) is 1.77. The maximum atomic E-state index is 12.9. The summed E-state index contributed by atoms with van der Waals surface area (Å²) in [7, 11) is 0. The van der Waals surface area contributed by atoms with Crippen molar-refractivity contribution in [2.75, 3.05) is 0 Å². The van der Waals surface area contributed by atoms with Gasteiger partial charge in [0.1, 0.15) is 11.7 Å². The lowest BCUT2D eigenvalue weighted by atomic mass is 9.77. The zero-order chi connectivity index (χ0) is 16.7. The number of fused-ring (bicyclic) bond motifs is 4. The van der Waals surface area contributed by atoms with Crippen molar-refractivity contribution < 1.29 is 19.4 Å². The Kier molecular flexibility index (Phi) is 3.49. The first-order chi connectivity index (χ1) is 11.6. The number of aliphatic carboxylic acids is 1. The van der Waals surface area contributed by atoms with Crippen LogP contribution in [0.4, 0.5) is 0 Å². The van der Waals surface area contributed by atoms with Gasteiger partial charge in [-0.3, -0.25) is 9.59 Å². The monoisotopic (exact) mass is 323 g/mol. The van der Waals surface area contributed by atoms with E-state index in [0.717, 1.165) is 11.1 Å². The first-order valence-corrected chi connectivity index (χ1v) is 7.98. The summed E-state index contributed by atoms with van der Waals surface area (Å²) in [5, 5.41) is 9.64. The normalized spacial score (nSPS) is 24.9. The minimum atomic E-state index is -1.07. The van der Waals surface area contributed by atoms with Gasteiger partial charge >= 0.3 is 5.97 Å². The number of nitrogens with zero attached hydrogens (tertiary/aromatic N) is 1. The topological polar surface area (TPSA) is 66.8 Å². The first kappa shape index (κ1) is 14.8. The summed E-state index contributed by atoms with van der Waals surface area (Å²) in [4.78, 5) is 26.2. The van der Waals surface area contributed by atoms with E-state index in [1.807, 2.05) is 54.6 Å². The van der Waals surface area contributed by atoms with E-state index in [0.29, 0.717) is 18.7 Å². The lowest BCUT2D eigenvalue weighted by Gasteiger charge is -2.45. The van der Waals surface area contributed by atoms with Crippen LogP contribution in [0.1, 0.15) is 23.5 Å². The van der Waals surface area contributed by atoms with Crippen molar-refractivity contribution >= 4 is 11.9 Å². The van der Waals surface area contributed by atoms with Crippen molar-refractivity contribution in [2.24, 2.45) is 5.92 Å². The van der Waals surface area contributed by atoms with Gasteiger partial charge in [-0.2, -0.15) is 0 Å². The van der Waals surface area contributed by atoms with Crippen molar-refractivity contribution in [1.82, 2.24) is 4.90 Å². The summed E-state index contributed by atoms with van der Waals surface area (Å²) < 4.78 is 6.00. The molecule has 0 radical (unpaired) electrons. The van der Waals surface area contributed by atoms with Crippen LogP contribution in [0.2, 0.25) is 0 Å². The van der Waals surface area contributed by atoms with Crippen LogP contribution in [0.25, 0.3) is 0 Å². The van der Waals surface area contributed by atoms with Crippen LogP contribution in [0.3, 0.4) is 0 Å². The third kappa shape index (κ3) is 2.33. The molecule has 1 fully saturated rings. The number of carbonyl (C=O) groups is 2. The molecule has 2 heterocycles. The van der Waals surface area contributed by atoms with Gasteiger partial charge in [0.2, 0.25) is 5.91 Å². The van der Waals surface area contributed by atoms with Gasteiger partial charge in [0.05, 0.1) is 0 Å². The molecule has 0 unspecified atom stereocenters. The Hall–Kier alpha value is -2.82. The van der Waals surface area contributed by atoms with Crippen LogP contribution in [0.5, 0.6) is 5.75 Å². The number of amides is 1. The van der Waals surface area contributed by atoms with E-state index in [1.165, 1.54) is 0 Å². The minimum absolute atomic E-state index is 0.336. The second-order valence-electron chi connectivity index (χ2n) is 6.22. The molecule has 2 bridgehead atoms. The number of carboxylic acid groups (broad SMARTS) is 1. The summed E-state index contributed by atoms with van der Waals surface area (Å²) in [6, 6.07) is 17.0. The molecule has 1 saturated heterocycles.